The van der Waals surface area contributed by atoms with Crippen LogP contribution in [-0.2, 0) is 13.1 Å². The Bertz CT molecular complexity index is 1450. The zero-order valence-electron chi connectivity index (χ0n) is 21.9. The maximum absolute atomic E-state index is 13.6. The van der Waals surface area contributed by atoms with E-state index in [4.69, 9.17) is 4.98 Å². The molecule has 9 heteroatoms. The van der Waals surface area contributed by atoms with E-state index in [0.717, 1.165) is 65.5 Å². The van der Waals surface area contributed by atoms with Crippen molar-refractivity contribution < 1.29 is 13.2 Å². The van der Waals surface area contributed by atoms with E-state index < -0.39 is 12.1 Å². The van der Waals surface area contributed by atoms with E-state index in [0.29, 0.717) is 31.8 Å². The second kappa shape index (κ2) is 9.11. The van der Waals surface area contributed by atoms with Gasteiger partial charge in [-0.25, -0.2) is 18.2 Å². The second-order valence-electron chi connectivity index (χ2n) is 12.0. The van der Waals surface area contributed by atoms with Gasteiger partial charge in [0, 0.05) is 79.5 Å². The Balaban J connectivity index is 1.02. The first kappa shape index (κ1) is 24.7. The highest BCUT2D eigenvalue weighted by Gasteiger charge is 2.58. The molecule has 2 saturated carbocycles. The topological polar surface area (TPSA) is 48.7 Å². The largest absolute Gasteiger partial charge is 0.369 e. The Labute approximate surface area is 226 Å². The number of nitrogens with one attached hydrogen (secondary N) is 1. The van der Waals surface area contributed by atoms with Crippen LogP contribution in [0.1, 0.15) is 54.5 Å². The molecule has 2 aliphatic carbocycles. The summed E-state index contributed by atoms with van der Waals surface area (Å²) in [4.78, 5) is 13.6. The summed E-state index contributed by atoms with van der Waals surface area (Å²) >= 11 is 0. The average Bonchev–Trinajstić information content (AvgIpc) is 3.47. The molecule has 3 aromatic heterocycles. The van der Waals surface area contributed by atoms with E-state index in [2.05, 4.69) is 45.0 Å². The molecule has 0 atom stereocenters. The molecule has 4 aliphatic rings. The van der Waals surface area contributed by atoms with Gasteiger partial charge >= 0.3 is 0 Å². The number of nitrogens with zero attached hydrogens (tertiary/aromatic N) is 5. The molecule has 3 fully saturated rings. The molecule has 0 aromatic carbocycles. The molecule has 1 N–H and O–H groups in total. The Morgan fingerprint density at radius 2 is 1.97 bits per heavy atom. The van der Waals surface area contributed by atoms with Crippen molar-refractivity contribution in [1.29, 1.82) is 0 Å². The second-order valence-corrected chi connectivity index (χ2v) is 12.0. The molecule has 1 spiro atoms. The van der Waals surface area contributed by atoms with Crippen molar-refractivity contribution in [3.63, 3.8) is 0 Å². The van der Waals surface area contributed by atoms with Gasteiger partial charge < -0.3 is 19.5 Å². The third-order valence-electron chi connectivity index (χ3n) is 8.93. The van der Waals surface area contributed by atoms with E-state index in [1.165, 1.54) is 0 Å². The van der Waals surface area contributed by atoms with Gasteiger partial charge in [-0.15, -0.1) is 0 Å². The predicted octanol–water partition coefficient (Wildman–Crippen LogP) is 5.65. The van der Waals surface area contributed by atoms with Crippen LogP contribution in [0.2, 0.25) is 0 Å². The number of hydrogen-bond acceptors (Lipinski definition) is 5. The zero-order chi connectivity index (χ0) is 26.8. The predicted molar refractivity (Wildman–Crippen MR) is 146 cm³/mol. The summed E-state index contributed by atoms with van der Waals surface area (Å²) in [6, 6.07) is 4.10. The van der Waals surface area contributed by atoms with Gasteiger partial charge in [0.1, 0.15) is 11.8 Å². The first-order chi connectivity index (χ1) is 18.8. The number of alkyl halides is 3. The summed E-state index contributed by atoms with van der Waals surface area (Å²) < 4.78 is 42.3. The van der Waals surface area contributed by atoms with Crippen molar-refractivity contribution in [2.45, 2.75) is 57.3 Å². The number of pyridine rings is 2. The standard InChI is InChI=1S/C30H33F3N6/c1-20-26-12-35-13-27(38-7-5-29(19-38)17-30(32,33)18-29)25(26)4-6-37(20)15-24-16-39-14-21(2-3-28(39)36-24)10-34-11-22-8-23(31)9-22/h2-4,6,12-14,16,22-23,34H,1,5,7-11,15,17-19H2. The van der Waals surface area contributed by atoms with Crippen LogP contribution < -0.4 is 10.2 Å². The van der Waals surface area contributed by atoms with E-state index in [9.17, 15) is 13.2 Å². The normalized spacial score (nSPS) is 24.7. The van der Waals surface area contributed by atoms with Gasteiger partial charge in [0.05, 0.1) is 24.1 Å². The molecule has 0 radical (unpaired) electrons. The van der Waals surface area contributed by atoms with E-state index in [1.54, 1.807) is 0 Å². The third kappa shape index (κ3) is 4.60. The van der Waals surface area contributed by atoms with Gasteiger partial charge in [0.25, 0.3) is 0 Å². The lowest BCUT2D eigenvalue weighted by atomic mass is 9.65. The molecule has 39 heavy (non-hydrogen) atoms. The van der Waals surface area contributed by atoms with Gasteiger partial charge in [0.2, 0.25) is 5.92 Å². The molecule has 3 aromatic rings. The van der Waals surface area contributed by atoms with Crippen LogP contribution in [-0.4, -0.2) is 51.0 Å². The number of halogens is 3. The summed E-state index contributed by atoms with van der Waals surface area (Å²) in [5.41, 5.74) is 6.55. The monoisotopic (exact) mass is 534 g/mol. The van der Waals surface area contributed by atoms with Crippen molar-refractivity contribution in [3.8, 4) is 0 Å². The molecule has 1 saturated heterocycles. The van der Waals surface area contributed by atoms with Crippen molar-refractivity contribution in [2.24, 2.45) is 11.3 Å². The minimum atomic E-state index is -2.51. The van der Waals surface area contributed by atoms with Crippen molar-refractivity contribution in [1.82, 2.24) is 24.6 Å². The molecule has 0 amide bonds. The lowest BCUT2D eigenvalue weighted by Crippen LogP contribution is -2.47. The van der Waals surface area contributed by atoms with Crippen molar-refractivity contribution in [2.75, 3.05) is 24.5 Å². The molecular weight excluding hydrogens is 501 g/mol. The molecular formula is C30H33F3N6. The highest BCUT2D eigenvalue weighted by Crippen LogP contribution is 2.57. The van der Waals surface area contributed by atoms with E-state index in [-0.39, 0.29) is 18.3 Å². The number of fused-ring (bicyclic) bond motifs is 2. The van der Waals surface area contributed by atoms with Crippen molar-refractivity contribution in [3.05, 3.63) is 72.1 Å². The van der Waals surface area contributed by atoms with Crippen LogP contribution >= 0.6 is 0 Å². The Morgan fingerprint density at radius 3 is 2.77 bits per heavy atom. The Kier molecular flexibility index (Phi) is 5.77. The lowest BCUT2D eigenvalue weighted by Gasteiger charge is -2.44. The SMILES string of the molecule is C=C1c2cncc(N3CCC4(C3)CC(F)(F)C4)c2C=CN1Cc1cn2cc(CNCC3CC(F)C3)ccc2n1. The number of rotatable bonds is 7. The maximum atomic E-state index is 13.6. The molecule has 7 rings (SSSR count). The molecule has 5 heterocycles. The molecule has 0 bridgehead atoms. The fourth-order valence-corrected chi connectivity index (χ4v) is 6.84. The zero-order valence-corrected chi connectivity index (χ0v) is 21.9. The molecule has 0 unspecified atom stereocenters. The number of aromatic nitrogens is 3. The summed E-state index contributed by atoms with van der Waals surface area (Å²) in [6.07, 6.45) is 13.4. The minimum absolute atomic E-state index is 0.00634. The van der Waals surface area contributed by atoms with Crippen molar-refractivity contribution >= 4 is 23.1 Å². The molecule has 2 aliphatic heterocycles. The van der Waals surface area contributed by atoms with Gasteiger partial charge in [-0.2, -0.15) is 0 Å². The van der Waals surface area contributed by atoms with Crippen LogP contribution in [0.15, 0.2) is 49.7 Å². The minimum Gasteiger partial charge on any atom is -0.369 e. The molecule has 6 nitrogen and oxygen atoms in total. The third-order valence-corrected chi connectivity index (χ3v) is 8.93. The van der Waals surface area contributed by atoms with Crippen LogP contribution in [0.4, 0.5) is 18.9 Å². The smallest absolute Gasteiger partial charge is 0.249 e. The fraction of sp³-hybridized carbons (Fsp3) is 0.467. The van der Waals surface area contributed by atoms with E-state index in [1.807, 2.05) is 35.3 Å². The Morgan fingerprint density at radius 1 is 1.13 bits per heavy atom. The fourth-order valence-electron chi connectivity index (χ4n) is 6.84. The van der Waals surface area contributed by atoms with Crippen LogP contribution in [0.25, 0.3) is 17.4 Å². The Hall–Kier alpha value is -3.33. The summed E-state index contributed by atoms with van der Waals surface area (Å²) in [7, 11) is 0. The summed E-state index contributed by atoms with van der Waals surface area (Å²) in [6.45, 7) is 7.96. The number of imidazole rings is 1. The maximum Gasteiger partial charge on any atom is 0.249 e. The average molecular weight is 535 g/mol. The number of anilines is 1. The highest BCUT2D eigenvalue weighted by atomic mass is 19.3. The first-order valence-electron chi connectivity index (χ1n) is 13.8. The summed E-state index contributed by atoms with van der Waals surface area (Å²) in [5.74, 6) is -2.06. The van der Waals surface area contributed by atoms with Gasteiger partial charge in [-0.05, 0) is 49.4 Å². The van der Waals surface area contributed by atoms with Gasteiger partial charge in [-0.3, -0.25) is 4.98 Å². The summed E-state index contributed by atoms with van der Waals surface area (Å²) in [5, 5.41) is 3.44. The quantitative estimate of drug-likeness (QED) is 0.425. The number of hydrogen-bond donors (Lipinski definition) is 1. The highest BCUT2D eigenvalue weighted by molar-refractivity contribution is 5.83. The lowest BCUT2D eigenvalue weighted by molar-refractivity contribution is -0.152. The van der Waals surface area contributed by atoms with Gasteiger partial charge in [0.15, 0.2) is 0 Å². The van der Waals surface area contributed by atoms with Gasteiger partial charge in [-0.1, -0.05) is 12.6 Å². The van der Waals surface area contributed by atoms with E-state index >= 15 is 0 Å². The first-order valence-corrected chi connectivity index (χ1v) is 13.8. The van der Waals surface area contributed by atoms with Crippen LogP contribution in [0.5, 0.6) is 0 Å². The van der Waals surface area contributed by atoms with Crippen LogP contribution in [0.3, 0.4) is 0 Å². The van der Waals surface area contributed by atoms with Crippen LogP contribution in [0, 0.1) is 11.3 Å². The molecule has 204 valence electrons.